The highest BCUT2D eigenvalue weighted by molar-refractivity contribution is 6.06. The zero-order valence-corrected chi connectivity index (χ0v) is 13.0. The Hall–Kier alpha value is -1.90. The van der Waals surface area contributed by atoms with E-state index in [1.807, 2.05) is 6.08 Å². The lowest BCUT2D eigenvalue weighted by Crippen LogP contribution is -2.11. The average molecular weight is 287 g/mol. The molecule has 0 spiro atoms. The number of nitrogens with one attached hydrogen (secondary N) is 1. The first-order chi connectivity index (χ1) is 10.1. The molecule has 0 bridgehead atoms. The van der Waals surface area contributed by atoms with Crippen molar-refractivity contribution >= 4 is 17.4 Å². The Morgan fingerprint density at radius 1 is 1.10 bits per heavy atom. The number of Topliss-reactive ketones (excluding diaryl/α,β-unsaturated/α-hetero) is 1. The highest BCUT2D eigenvalue weighted by Gasteiger charge is 2.07. The number of hydrogen-bond donors (Lipinski definition) is 1. The van der Waals surface area contributed by atoms with Gasteiger partial charge in [0.25, 0.3) is 0 Å². The van der Waals surface area contributed by atoms with E-state index in [2.05, 4.69) is 12.2 Å². The molecule has 1 rings (SSSR count). The van der Waals surface area contributed by atoms with Crippen LogP contribution in [0.5, 0.6) is 0 Å². The summed E-state index contributed by atoms with van der Waals surface area (Å²) in [6.45, 7) is 3.69. The lowest BCUT2D eigenvalue weighted by molar-refractivity contribution is -0.111. The summed E-state index contributed by atoms with van der Waals surface area (Å²) < 4.78 is 0. The van der Waals surface area contributed by atoms with Crippen molar-refractivity contribution in [1.82, 2.24) is 0 Å². The predicted octanol–water partition coefficient (Wildman–Crippen LogP) is 4.74. The largest absolute Gasteiger partial charge is 0.322 e. The summed E-state index contributed by atoms with van der Waals surface area (Å²) in [6.07, 6.45) is 10.5. The number of rotatable bonds is 9. The summed E-state index contributed by atoms with van der Waals surface area (Å²) in [7, 11) is 0. The van der Waals surface area contributed by atoms with Gasteiger partial charge in [0.1, 0.15) is 0 Å². The van der Waals surface area contributed by atoms with Gasteiger partial charge in [0, 0.05) is 5.56 Å². The molecular formula is C18H25NO2. The summed E-state index contributed by atoms with van der Waals surface area (Å²) in [5, 5.41) is 2.76. The summed E-state index contributed by atoms with van der Waals surface area (Å²) in [4.78, 5) is 23.3. The topological polar surface area (TPSA) is 46.2 Å². The highest BCUT2D eigenvalue weighted by Crippen LogP contribution is 2.15. The van der Waals surface area contributed by atoms with E-state index < -0.39 is 0 Å². The van der Waals surface area contributed by atoms with Gasteiger partial charge < -0.3 is 5.32 Å². The fourth-order valence-corrected chi connectivity index (χ4v) is 2.13. The second kappa shape index (κ2) is 9.92. The minimum absolute atomic E-state index is 0.0502. The molecule has 0 aliphatic carbocycles. The molecule has 3 heteroatoms. The van der Waals surface area contributed by atoms with E-state index in [1.54, 1.807) is 30.3 Å². The van der Waals surface area contributed by atoms with Gasteiger partial charge in [-0.05, 0) is 38.0 Å². The van der Waals surface area contributed by atoms with Crippen molar-refractivity contribution in [2.75, 3.05) is 5.32 Å². The van der Waals surface area contributed by atoms with Gasteiger partial charge in [-0.3, -0.25) is 9.59 Å². The maximum absolute atomic E-state index is 11.8. The van der Waals surface area contributed by atoms with Crippen molar-refractivity contribution in [2.24, 2.45) is 0 Å². The van der Waals surface area contributed by atoms with E-state index in [-0.39, 0.29) is 11.7 Å². The third-order valence-electron chi connectivity index (χ3n) is 3.31. The number of benzene rings is 1. The minimum atomic E-state index is -0.183. The SMILES string of the molecule is CCCCCCC/C=C/C(=O)Nc1ccccc1C(C)=O. The molecule has 0 atom stereocenters. The predicted molar refractivity (Wildman–Crippen MR) is 87.6 cm³/mol. The third-order valence-corrected chi connectivity index (χ3v) is 3.31. The summed E-state index contributed by atoms with van der Waals surface area (Å²) in [6, 6.07) is 7.06. The van der Waals surface area contributed by atoms with Crippen LogP contribution in [0.4, 0.5) is 5.69 Å². The molecule has 0 heterocycles. The van der Waals surface area contributed by atoms with Crippen molar-refractivity contribution in [2.45, 2.75) is 52.4 Å². The second-order valence-electron chi connectivity index (χ2n) is 5.20. The van der Waals surface area contributed by atoms with E-state index in [0.717, 1.165) is 12.8 Å². The van der Waals surface area contributed by atoms with Gasteiger partial charge in [-0.2, -0.15) is 0 Å². The fourth-order valence-electron chi connectivity index (χ4n) is 2.13. The first kappa shape index (κ1) is 17.2. The number of carbonyl (C=O) groups excluding carboxylic acids is 2. The Morgan fingerprint density at radius 3 is 2.52 bits per heavy atom. The Kier molecular flexibility index (Phi) is 8.10. The first-order valence-electron chi connectivity index (χ1n) is 7.72. The van der Waals surface area contributed by atoms with Crippen LogP contribution in [0.25, 0.3) is 0 Å². The van der Waals surface area contributed by atoms with Crippen molar-refractivity contribution in [3.05, 3.63) is 42.0 Å². The molecular weight excluding hydrogens is 262 g/mol. The third kappa shape index (κ3) is 6.89. The molecule has 1 amide bonds. The number of allylic oxidation sites excluding steroid dienone is 1. The maximum Gasteiger partial charge on any atom is 0.248 e. The maximum atomic E-state index is 11.8. The number of ketones is 1. The first-order valence-corrected chi connectivity index (χ1v) is 7.72. The van der Waals surface area contributed by atoms with Gasteiger partial charge in [-0.25, -0.2) is 0 Å². The van der Waals surface area contributed by atoms with Crippen LogP contribution in [0.2, 0.25) is 0 Å². The lowest BCUT2D eigenvalue weighted by Gasteiger charge is -2.06. The van der Waals surface area contributed by atoms with E-state index in [0.29, 0.717) is 11.3 Å². The Morgan fingerprint density at radius 2 is 1.81 bits per heavy atom. The number of hydrogen-bond acceptors (Lipinski definition) is 2. The zero-order chi connectivity index (χ0) is 15.5. The number of para-hydroxylation sites is 1. The van der Waals surface area contributed by atoms with Crippen molar-refractivity contribution < 1.29 is 9.59 Å². The van der Waals surface area contributed by atoms with Crippen molar-refractivity contribution in [3.63, 3.8) is 0 Å². The highest BCUT2D eigenvalue weighted by atomic mass is 16.1. The molecule has 114 valence electrons. The molecule has 0 aliphatic heterocycles. The van der Waals surface area contributed by atoms with Crippen LogP contribution in [0.3, 0.4) is 0 Å². The molecule has 1 aromatic carbocycles. The molecule has 0 fully saturated rings. The number of unbranched alkanes of at least 4 members (excludes halogenated alkanes) is 5. The van der Waals surface area contributed by atoms with Crippen LogP contribution >= 0.6 is 0 Å². The van der Waals surface area contributed by atoms with Crippen LogP contribution in [0.1, 0.15) is 62.7 Å². The van der Waals surface area contributed by atoms with Gasteiger partial charge >= 0.3 is 0 Å². The smallest absolute Gasteiger partial charge is 0.248 e. The lowest BCUT2D eigenvalue weighted by atomic mass is 10.1. The molecule has 0 saturated carbocycles. The van der Waals surface area contributed by atoms with E-state index in [1.165, 1.54) is 32.6 Å². The quantitative estimate of drug-likeness (QED) is 0.405. The Balaban J connectivity index is 2.38. The summed E-state index contributed by atoms with van der Waals surface area (Å²) in [5.74, 6) is -0.233. The van der Waals surface area contributed by atoms with Crippen LogP contribution < -0.4 is 5.32 Å². The van der Waals surface area contributed by atoms with E-state index in [9.17, 15) is 9.59 Å². The van der Waals surface area contributed by atoms with Crippen molar-refractivity contribution in [1.29, 1.82) is 0 Å². The van der Waals surface area contributed by atoms with Gasteiger partial charge in [0.2, 0.25) is 5.91 Å². The standard InChI is InChI=1S/C18H25NO2/c1-3-4-5-6-7-8-9-14-18(21)19-17-13-11-10-12-16(17)15(2)20/h9-14H,3-8H2,1-2H3,(H,19,21)/b14-9+. The molecule has 0 aliphatic rings. The monoisotopic (exact) mass is 287 g/mol. The van der Waals surface area contributed by atoms with E-state index in [4.69, 9.17) is 0 Å². The second-order valence-corrected chi connectivity index (χ2v) is 5.20. The summed E-state index contributed by atoms with van der Waals surface area (Å²) >= 11 is 0. The summed E-state index contributed by atoms with van der Waals surface area (Å²) in [5.41, 5.74) is 1.11. The molecule has 0 saturated heterocycles. The Bertz CT molecular complexity index is 492. The molecule has 0 unspecified atom stereocenters. The Labute approximate surface area is 127 Å². The normalized spacial score (nSPS) is 10.8. The van der Waals surface area contributed by atoms with E-state index >= 15 is 0 Å². The minimum Gasteiger partial charge on any atom is -0.322 e. The molecule has 3 nitrogen and oxygen atoms in total. The molecule has 0 aromatic heterocycles. The molecule has 1 aromatic rings. The van der Waals surface area contributed by atoms with Crippen LogP contribution in [0.15, 0.2) is 36.4 Å². The number of carbonyl (C=O) groups is 2. The van der Waals surface area contributed by atoms with Crippen LogP contribution in [-0.4, -0.2) is 11.7 Å². The van der Waals surface area contributed by atoms with Crippen LogP contribution in [-0.2, 0) is 4.79 Å². The zero-order valence-electron chi connectivity index (χ0n) is 13.0. The van der Waals surface area contributed by atoms with Crippen molar-refractivity contribution in [3.8, 4) is 0 Å². The van der Waals surface area contributed by atoms with Crippen LogP contribution in [0, 0.1) is 0 Å². The van der Waals surface area contributed by atoms with Gasteiger partial charge in [0.15, 0.2) is 5.78 Å². The molecule has 21 heavy (non-hydrogen) atoms. The average Bonchev–Trinajstić information content (AvgIpc) is 2.46. The number of amides is 1. The van der Waals surface area contributed by atoms with Gasteiger partial charge in [-0.1, -0.05) is 50.8 Å². The van der Waals surface area contributed by atoms with Gasteiger partial charge in [0.05, 0.1) is 5.69 Å². The molecule has 0 radical (unpaired) electrons. The van der Waals surface area contributed by atoms with Gasteiger partial charge in [-0.15, -0.1) is 0 Å². The fraction of sp³-hybridized carbons (Fsp3) is 0.444. The number of anilines is 1. The molecule has 1 N–H and O–H groups in total.